The number of para-hydroxylation sites is 1. The predicted octanol–water partition coefficient (Wildman–Crippen LogP) is 5.42. The third-order valence-corrected chi connectivity index (χ3v) is 4.72. The Morgan fingerprint density at radius 2 is 1.88 bits per heavy atom. The minimum absolute atomic E-state index is 0.0370. The molecule has 4 nitrogen and oxygen atoms in total. The lowest BCUT2D eigenvalue weighted by atomic mass is 10.1. The Kier molecular flexibility index (Phi) is 4.05. The summed E-state index contributed by atoms with van der Waals surface area (Å²) in [4.78, 5) is 16.7. The fourth-order valence-electron chi connectivity index (χ4n) is 2.91. The van der Waals surface area contributed by atoms with E-state index in [2.05, 4.69) is 16.4 Å². The van der Waals surface area contributed by atoms with Crippen molar-refractivity contribution in [3.8, 4) is 11.3 Å². The maximum absolute atomic E-state index is 13.8. The van der Waals surface area contributed by atoms with Crippen molar-refractivity contribution in [3.05, 3.63) is 75.2 Å². The number of fused-ring (bicyclic) bond motifs is 1. The summed E-state index contributed by atoms with van der Waals surface area (Å²) in [6.45, 7) is 4.07. The summed E-state index contributed by atoms with van der Waals surface area (Å²) in [5.74, 6) is -0.554. The van der Waals surface area contributed by atoms with E-state index in [1.165, 1.54) is 17.4 Å². The largest absolute Gasteiger partial charge is 0.419 e. The smallest absolute Gasteiger partial charge is 0.345 e. The molecule has 0 bridgehead atoms. The summed E-state index contributed by atoms with van der Waals surface area (Å²) in [6, 6.07) is 12.3. The molecule has 0 aliphatic rings. The fraction of sp³-hybridized carbons (Fsp3) is 0.100. The highest BCUT2D eigenvalue weighted by Crippen LogP contribution is 2.28. The highest BCUT2D eigenvalue weighted by Gasteiger charge is 2.13. The first-order chi connectivity index (χ1) is 12.5. The number of thiazole rings is 1. The van der Waals surface area contributed by atoms with Crippen molar-refractivity contribution in [1.29, 1.82) is 0 Å². The molecule has 0 saturated carbocycles. The lowest BCUT2D eigenvalue weighted by Crippen LogP contribution is -2.03. The van der Waals surface area contributed by atoms with E-state index >= 15 is 0 Å². The van der Waals surface area contributed by atoms with Gasteiger partial charge in [0, 0.05) is 16.5 Å². The predicted molar refractivity (Wildman–Crippen MR) is 103 cm³/mol. The summed E-state index contributed by atoms with van der Waals surface area (Å²) in [7, 11) is 0. The Hall–Kier alpha value is -2.99. The number of anilines is 2. The first-order valence-electron chi connectivity index (χ1n) is 8.03. The summed E-state index contributed by atoms with van der Waals surface area (Å²) in [6.07, 6.45) is 0. The van der Waals surface area contributed by atoms with Gasteiger partial charge in [0.15, 0.2) is 16.5 Å². The van der Waals surface area contributed by atoms with Crippen LogP contribution in [-0.2, 0) is 0 Å². The molecule has 2 heterocycles. The number of aryl methyl sites for hydroxylation is 2. The number of rotatable bonds is 3. The van der Waals surface area contributed by atoms with E-state index < -0.39 is 11.4 Å². The first-order valence-corrected chi connectivity index (χ1v) is 8.91. The lowest BCUT2D eigenvalue weighted by Gasteiger charge is -2.05. The SMILES string of the molecule is Cc1cc(C)cc(Nc2nc(-c3cc4cccc(F)c4oc3=O)cs2)c1. The van der Waals surface area contributed by atoms with Crippen molar-refractivity contribution >= 4 is 33.1 Å². The molecule has 0 atom stereocenters. The molecular formula is C20H15FN2O2S. The van der Waals surface area contributed by atoms with Gasteiger partial charge in [0.05, 0.1) is 11.3 Å². The molecule has 6 heteroatoms. The van der Waals surface area contributed by atoms with Gasteiger partial charge in [-0.2, -0.15) is 0 Å². The summed E-state index contributed by atoms with van der Waals surface area (Å²) in [5, 5.41) is 6.23. The van der Waals surface area contributed by atoms with Crippen LogP contribution >= 0.6 is 11.3 Å². The van der Waals surface area contributed by atoms with Crippen LogP contribution in [-0.4, -0.2) is 4.98 Å². The molecule has 0 amide bonds. The van der Waals surface area contributed by atoms with Crippen molar-refractivity contribution in [3.63, 3.8) is 0 Å². The Labute approximate surface area is 152 Å². The van der Waals surface area contributed by atoms with Crippen LogP contribution in [0.5, 0.6) is 0 Å². The number of nitrogens with zero attached hydrogens (tertiary/aromatic N) is 1. The normalized spacial score (nSPS) is 11.0. The van der Waals surface area contributed by atoms with Crippen LogP contribution in [0.3, 0.4) is 0 Å². The second-order valence-electron chi connectivity index (χ2n) is 6.15. The first kappa shape index (κ1) is 16.5. The van der Waals surface area contributed by atoms with E-state index in [1.54, 1.807) is 23.6 Å². The summed E-state index contributed by atoms with van der Waals surface area (Å²) < 4.78 is 18.9. The van der Waals surface area contributed by atoms with Crippen LogP contribution < -0.4 is 10.9 Å². The third-order valence-electron chi connectivity index (χ3n) is 3.97. The molecule has 0 radical (unpaired) electrons. The van der Waals surface area contributed by atoms with Crippen molar-refractivity contribution in [2.75, 3.05) is 5.32 Å². The van der Waals surface area contributed by atoms with E-state index in [-0.39, 0.29) is 5.58 Å². The van der Waals surface area contributed by atoms with Crippen LogP contribution in [0, 0.1) is 19.7 Å². The molecule has 0 unspecified atom stereocenters. The van der Waals surface area contributed by atoms with Gasteiger partial charge in [0.1, 0.15) is 0 Å². The molecule has 26 heavy (non-hydrogen) atoms. The number of hydrogen-bond acceptors (Lipinski definition) is 5. The monoisotopic (exact) mass is 366 g/mol. The van der Waals surface area contributed by atoms with Crippen LogP contribution in [0.15, 0.2) is 57.1 Å². The van der Waals surface area contributed by atoms with Gasteiger partial charge in [-0.25, -0.2) is 14.2 Å². The topological polar surface area (TPSA) is 55.1 Å². The molecule has 130 valence electrons. The van der Waals surface area contributed by atoms with E-state index in [4.69, 9.17) is 4.42 Å². The number of halogens is 1. The molecule has 4 rings (SSSR count). The molecule has 2 aromatic heterocycles. The van der Waals surface area contributed by atoms with E-state index in [1.807, 2.05) is 26.0 Å². The number of aromatic nitrogens is 1. The zero-order valence-corrected chi connectivity index (χ0v) is 15.0. The molecule has 0 spiro atoms. The average Bonchev–Trinajstić information content (AvgIpc) is 3.02. The van der Waals surface area contributed by atoms with Gasteiger partial charge in [-0.05, 0) is 49.2 Å². The van der Waals surface area contributed by atoms with Crippen LogP contribution in [0.2, 0.25) is 0 Å². The van der Waals surface area contributed by atoms with Gasteiger partial charge in [0.2, 0.25) is 0 Å². The van der Waals surface area contributed by atoms with Crippen LogP contribution in [0.1, 0.15) is 11.1 Å². The Morgan fingerprint density at radius 1 is 1.12 bits per heavy atom. The summed E-state index contributed by atoms with van der Waals surface area (Å²) in [5.41, 5.74) is 3.42. The van der Waals surface area contributed by atoms with Crippen molar-refractivity contribution in [2.45, 2.75) is 13.8 Å². The van der Waals surface area contributed by atoms with Crippen LogP contribution in [0.4, 0.5) is 15.2 Å². The van der Waals surface area contributed by atoms with E-state index in [0.29, 0.717) is 21.8 Å². The standard InChI is InChI=1S/C20H15FN2O2S/c1-11-6-12(2)8-14(7-11)22-20-23-17(10-26-20)15-9-13-4-3-5-16(21)18(13)25-19(15)24/h3-10H,1-2H3,(H,22,23). The maximum Gasteiger partial charge on any atom is 0.345 e. The molecule has 0 fully saturated rings. The number of nitrogens with one attached hydrogen (secondary N) is 1. The molecule has 2 aromatic carbocycles. The lowest BCUT2D eigenvalue weighted by molar-refractivity contribution is 0.525. The highest BCUT2D eigenvalue weighted by molar-refractivity contribution is 7.14. The number of benzene rings is 2. The third kappa shape index (κ3) is 3.11. The van der Waals surface area contributed by atoms with Gasteiger partial charge in [-0.3, -0.25) is 0 Å². The summed E-state index contributed by atoms with van der Waals surface area (Å²) >= 11 is 1.39. The zero-order valence-electron chi connectivity index (χ0n) is 14.2. The Morgan fingerprint density at radius 3 is 2.65 bits per heavy atom. The van der Waals surface area contributed by atoms with Gasteiger partial charge in [-0.1, -0.05) is 18.2 Å². The minimum atomic E-state index is -0.606. The van der Waals surface area contributed by atoms with E-state index in [9.17, 15) is 9.18 Å². The molecule has 4 aromatic rings. The average molecular weight is 366 g/mol. The van der Waals surface area contributed by atoms with Gasteiger partial charge in [0.25, 0.3) is 0 Å². The highest BCUT2D eigenvalue weighted by atomic mass is 32.1. The van der Waals surface area contributed by atoms with Gasteiger partial charge < -0.3 is 9.73 Å². The second kappa shape index (κ2) is 6.38. The molecular weight excluding hydrogens is 351 g/mol. The van der Waals surface area contributed by atoms with Crippen molar-refractivity contribution in [1.82, 2.24) is 4.98 Å². The minimum Gasteiger partial charge on any atom is -0.419 e. The maximum atomic E-state index is 13.8. The quantitative estimate of drug-likeness (QED) is 0.492. The van der Waals surface area contributed by atoms with Gasteiger partial charge in [-0.15, -0.1) is 11.3 Å². The fourth-order valence-corrected chi connectivity index (χ4v) is 3.64. The van der Waals surface area contributed by atoms with Crippen molar-refractivity contribution in [2.24, 2.45) is 0 Å². The molecule has 0 aliphatic heterocycles. The molecule has 1 N–H and O–H groups in total. The van der Waals surface area contributed by atoms with Gasteiger partial charge >= 0.3 is 5.63 Å². The molecule has 0 aliphatic carbocycles. The Balaban J connectivity index is 1.71. The van der Waals surface area contributed by atoms with Crippen molar-refractivity contribution < 1.29 is 8.81 Å². The molecule has 0 saturated heterocycles. The van der Waals surface area contributed by atoms with E-state index in [0.717, 1.165) is 16.8 Å². The van der Waals surface area contributed by atoms with Crippen LogP contribution in [0.25, 0.3) is 22.2 Å². The zero-order chi connectivity index (χ0) is 18.3. The second-order valence-corrected chi connectivity index (χ2v) is 7.00. The number of hydrogen-bond donors (Lipinski definition) is 1. The Bertz CT molecular complexity index is 1160.